The van der Waals surface area contributed by atoms with Crippen molar-refractivity contribution in [1.29, 1.82) is 0 Å². The molecule has 0 fully saturated rings. The van der Waals surface area contributed by atoms with Gasteiger partial charge in [0, 0.05) is 10.2 Å². The number of hydrogen-bond donors (Lipinski definition) is 2. The van der Waals surface area contributed by atoms with Crippen molar-refractivity contribution in [2.24, 2.45) is 0 Å². The second-order valence-corrected chi connectivity index (χ2v) is 4.95. The third kappa shape index (κ3) is 3.03. The van der Waals surface area contributed by atoms with Gasteiger partial charge in [-0.3, -0.25) is 4.79 Å². The average molecular weight is 327 g/mol. The largest absolute Gasteiger partial charge is 0.508 e. The van der Waals surface area contributed by atoms with Crippen LogP contribution in [0.4, 0.5) is 5.69 Å². The van der Waals surface area contributed by atoms with E-state index in [0.717, 1.165) is 4.47 Å². The van der Waals surface area contributed by atoms with E-state index in [9.17, 15) is 9.90 Å². The first-order valence-electron chi connectivity index (χ1n) is 5.12. The number of benzene rings is 2. The van der Waals surface area contributed by atoms with E-state index in [2.05, 4.69) is 21.2 Å². The molecule has 1 amide bonds. The zero-order valence-corrected chi connectivity index (χ0v) is 11.5. The monoisotopic (exact) mass is 325 g/mol. The molecule has 0 aliphatic rings. The van der Waals surface area contributed by atoms with Crippen LogP contribution in [0.25, 0.3) is 0 Å². The SMILES string of the molecule is O=C(Nc1cccc(Br)c1)c1cc(O)ccc1Cl. The molecule has 2 aromatic rings. The van der Waals surface area contributed by atoms with Crippen molar-refractivity contribution in [2.45, 2.75) is 0 Å². The van der Waals surface area contributed by atoms with Crippen LogP contribution < -0.4 is 5.32 Å². The number of nitrogens with one attached hydrogen (secondary N) is 1. The number of aromatic hydroxyl groups is 1. The second-order valence-electron chi connectivity index (χ2n) is 3.63. The van der Waals surface area contributed by atoms with Gasteiger partial charge in [0.2, 0.25) is 0 Å². The van der Waals surface area contributed by atoms with Crippen LogP contribution in [0.15, 0.2) is 46.9 Å². The number of carbonyl (C=O) groups excluding carboxylic acids is 1. The Morgan fingerprint density at radius 1 is 1.22 bits per heavy atom. The van der Waals surface area contributed by atoms with E-state index >= 15 is 0 Å². The maximum atomic E-state index is 12.0. The third-order valence-electron chi connectivity index (χ3n) is 2.28. The number of amides is 1. The lowest BCUT2D eigenvalue weighted by Crippen LogP contribution is -2.12. The van der Waals surface area contributed by atoms with Gasteiger partial charge in [0.1, 0.15) is 5.75 Å². The molecule has 0 aliphatic heterocycles. The van der Waals surface area contributed by atoms with Crippen LogP contribution in [0.1, 0.15) is 10.4 Å². The number of carbonyl (C=O) groups is 1. The van der Waals surface area contributed by atoms with Gasteiger partial charge in [-0.05, 0) is 36.4 Å². The van der Waals surface area contributed by atoms with Gasteiger partial charge in [0.15, 0.2) is 0 Å². The summed E-state index contributed by atoms with van der Waals surface area (Å²) in [6.07, 6.45) is 0. The van der Waals surface area contributed by atoms with E-state index in [1.807, 2.05) is 12.1 Å². The Balaban J connectivity index is 2.24. The van der Waals surface area contributed by atoms with E-state index < -0.39 is 0 Å². The molecule has 0 bridgehead atoms. The summed E-state index contributed by atoms with van der Waals surface area (Å²) in [5.74, 6) is -0.368. The molecule has 0 atom stereocenters. The zero-order valence-electron chi connectivity index (χ0n) is 9.15. The summed E-state index contributed by atoms with van der Waals surface area (Å²) in [6, 6.07) is 11.4. The standard InChI is InChI=1S/C13H9BrClNO2/c14-8-2-1-3-9(6-8)16-13(18)11-7-10(17)4-5-12(11)15/h1-7,17H,(H,16,18). The van der Waals surface area contributed by atoms with Crippen molar-refractivity contribution in [3.63, 3.8) is 0 Å². The summed E-state index contributed by atoms with van der Waals surface area (Å²) in [6.45, 7) is 0. The minimum absolute atomic E-state index is 0.00112. The van der Waals surface area contributed by atoms with Crippen LogP contribution in [0.5, 0.6) is 5.75 Å². The van der Waals surface area contributed by atoms with Gasteiger partial charge in [-0.1, -0.05) is 33.6 Å². The normalized spacial score (nSPS) is 10.1. The lowest BCUT2D eigenvalue weighted by atomic mass is 10.2. The molecule has 18 heavy (non-hydrogen) atoms. The molecule has 92 valence electrons. The first kappa shape index (κ1) is 12.9. The Hall–Kier alpha value is -1.52. The van der Waals surface area contributed by atoms with Gasteiger partial charge in [0.25, 0.3) is 5.91 Å². The summed E-state index contributed by atoms with van der Waals surface area (Å²) < 4.78 is 0.863. The molecule has 3 nitrogen and oxygen atoms in total. The summed E-state index contributed by atoms with van der Waals surface area (Å²) >= 11 is 9.22. The molecular weight excluding hydrogens is 318 g/mol. The van der Waals surface area contributed by atoms with E-state index in [-0.39, 0.29) is 17.2 Å². The van der Waals surface area contributed by atoms with Crippen LogP contribution in [-0.2, 0) is 0 Å². The molecule has 0 spiro atoms. The number of rotatable bonds is 2. The minimum Gasteiger partial charge on any atom is -0.508 e. The van der Waals surface area contributed by atoms with Crippen LogP contribution in [0, 0.1) is 0 Å². The number of phenols is 1. The van der Waals surface area contributed by atoms with Crippen molar-refractivity contribution in [3.05, 3.63) is 57.5 Å². The Morgan fingerprint density at radius 2 is 2.00 bits per heavy atom. The Bertz CT molecular complexity index is 601. The molecule has 0 radical (unpaired) electrons. The highest BCUT2D eigenvalue weighted by Crippen LogP contribution is 2.23. The lowest BCUT2D eigenvalue weighted by molar-refractivity contribution is 0.102. The highest BCUT2D eigenvalue weighted by atomic mass is 79.9. The number of halogens is 2. The molecule has 0 saturated heterocycles. The van der Waals surface area contributed by atoms with E-state index in [0.29, 0.717) is 10.7 Å². The van der Waals surface area contributed by atoms with Gasteiger partial charge in [-0.2, -0.15) is 0 Å². The molecule has 0 unspecified atom stereocenters. The quantitative estimate of drug-likeness (QED) is 0.874. The molecule has 0 saturated carbocycles. The topological polar surface area (TPSA) is 49.3 Å². The van der Waals surface area contributed by atoms with Crippen LogP contribution in [0.3, 0.4) is 0 Å². The predicted molar refractivity (Wildman–Crippen MR) is 75.2 cm³/mol. The zero-order chi connectivity index (χ0) is 13.1. The van der Waals surface area contributed by atoms with E-state index in [1.54, 1.807) is 12.1 Å². The van der Waals surface area contributed by atoms with Gasteiger partial charge in [-0.15, -0.1) is 0 Å². The van der Waals surface area contributed by atoms with Gasteiger partial charge >= 0.3 is 0 Å². The molecule has 5 heteroatoms. The molecule has 2 aromatic carbocycles. The second kappa shape index (κ2) is 5.42. The van der Waals surface area contributed by atoms with Crippen LogP contribution >= 0.6 is 27.5 Å². The maximum absolute atomic E-state index is 12.0. The minimum atomic E-state index is -0.367. The molecule has 2 rings (SSSR count). The van der Waals surface area contributed by atoms with Crippen molar-refractivity contribution < 1.29 is 9.90 Å². The number of phenolic OH excluding ortho intramolecular Hbond substituents is 1. The van der Waals surface area contributed by atoms with Crippen molar-refractivity contribution in [3.8, 4) is 5.75 Å². The van der Waals surface area contributed by atoms with Crippen LogP contribution in [-0.4, -0.2) is 11.0 Å². The van der Waals surface area contributed by atoms with Gasteiger partial charge < -0.3 is 10.4 Å². The Labute approximate surface area is 118 Å². The number of anilines is 1. The fraction of sp³-hybridized carbons (Fsp3) is 0. The molecule has 0 aliphatic carbocycles. The molecule has 0 aromatic heterocycles. The predicted octanol–water partition coefficient (Wildman–Crippen LogP) is 4.06. The summed E-state index contributed by atoms with van der Waals surface area (Å²) in [5.41, 5.74) is 0.880. The summed E-state index contributed by atoms with van der Waals surface area (Å²) in [5, 5.41) is 12.3. The Morgan fingerprint density at radius 3 is 2.72 bits per heavy atom. The maximum Gasteiger partial charge on any atom is 0.257 e. The molecular formula is C13H9BrClNO2. The smallest absolute Gasteiger partial charge is 0.257 e. The van der Waals surface area contributed by atoms with Crippen molar-refractivity contribution >= 4 is 39.1 Å². The lowest BCUT2D eigenvalue weighted by Gasteiger charge is -2.07. The average Bonchev–Trinajstić information content (AvgIpc) is 2.32. The van der Waals surface area contributed by atoms with Gasteiger partial charge in [-0.25, -0.2) is 0 Å². The fourth-order valence-electron chi connectivity index (χ4n) is 1.45. The highest BCUT2D eigenvalue weighted by molar-refractivity contribution is 9.10. The van der Waals surface area contributed by atoms with Crippen molar-refractivity contribution in [1.82, 2.24) is 0 Å². The fourth-order valence-corrected chi connectivity index (χ4v) is 2.05. The third-order valence-corrected chi connectivity index (χ3v) is 3.10. The first-order valence-corrected chi connectivity index (χ1v) is 6.29. The van der Waals surface area contributed by atoms with Crippen molar-refractivity contribution in [2.75, 3.05) is 5.32 Å². The number of hydrogen-bond acceptors (Lipinski definition) is 2. The first-order chi connectivity index (χ1) is 8.56. The summed E-state index contributed by atoms with van der Waals surface area (Å²) in [4.78, 5) is 12.0. The Kier molecular flexibility index (Phi) is 3.89. The van der Waals surface area contributed by atoms with Crippen LogP contribution in [0.2, 0.25) is 5.02 Å². The highest BCUT2D eigenvalue weighted by Gasteiger charge is 2.11. The molecule has 2 N–H and O–H groups in total. The van der Waals surface area contributed by atoms with Gasteiger partial charge in [0.05, 0.1) is 10.6 Å². The van der Waals surface area contributed by atoms with E-state index in [4.69, 9.17) is 11.6 Å². The molecule has 0 heterocycles. The summed E-state index contributed by atoms with van der Waals surface area (Å²) in [7, 11) is 0. The van der Waals surface area contributed by atoms with E-state index in [1.165, 1.54) is 18.2 Å².